The first-order valence-electron chi connectivity index (χ1n) is 5.87. The predicted molar refractivity (Wildman–Crippen MR) is 67.6 cm³/mol. The summed E-state index contributed by atoms with van der Waals surface area (Å²) in [5.41, 5.74) is 0.642. The molecule has 0 bridgehead atoms. The number of aromatic nitrogens is 2. The maximum Gasteiger partial charge on any atom is 0.307 e. The van der Waals surface area contributed by atoms with Crippen LogP contribution in [0.25, 0.3) is 10.9 Å². The summed E-state index contributed by atoms with van der Waals surface area (Å²) in [5, 5.41) is 15.6. The number of carbonyl (C=O) groups is 1. The molecule has 0 unspecified atom stereocenters. The topological polar surface area (TPSA) is 87.3 Å². The minimum absolute atomic E-state index is 0.00499. The molecule has 0 aliphatic rings. The molecule has 0 saturated carbocycles. The average molecular weight is 263 g/mol. The van der Waals surface area contributed by atoms with Gasteiger partial charge in [-0.3, -0.25) is 19.6 Å². The van der Waals surface area contributed by atoms with Crippen LogP contribution in [0.3, 0.4) is 0 Å². The van der Waals surface area contributed by atoms with Crippen molar-refractivity contribution in [1.29, 1.82) is 0 Å². The SMILES string of the molecule is CCOC(=O)CCn1ncc2ccc([N+](=O)[O-])cc21. The van der Waals surface area contributed by atoms with Crippen molar-refractivity contribution >= 4 is 22.6 Å². The monoisotopic (exact) mass is 263 g/mol. The Labute approximate surface area is 108 Å². The van der Waals surface area contributed by atoms with Crippen molar-refractivity contribution in [2.45, 2.75) is 19.9 Å². The second kappa shape index (κ2) is 5.47. The molecule has 2 rings (SSSR count). The van der Waals surface area contributed by atoms with Crippen molar-refractivity contribution in [2.75, 3.05) is 6.61 Å². The van der Waals surface area contributed by atoms with Crippen LogP contribution < -0.4 is 0 Å². The van der Waals surface area contributed by atoms with Gasteiger partial charge >= 0.3 is 5.97 Å². The average Bonchev–Trinajstić information content (AvgIpc) is 2.79. The number of hydrogen-bond acceptors (Lipinski definition) is 5. The van der Waals surface area contributed by atoms with E-state index in [-0.39, 0.29) is 18.1 Å². The van der Waals surface area contributed by atoms with Gasteiger partial charge in [-0.1, -0.05) is 0 Å². The molecule has 100 valence electrons. The van der Waals surface area contributed by atoms with Crippen molar-refractivity contribution in [3.05, 3.63) is 34.5 Å². The summed E-state index contributed by atoms with van der Waals surface area (Å²) in [4.78, 5) is 21.6. The molecule has 0 aliphatic heterocycles. The number of nitro benzene ring substituents is 1. The summed E-state index contributed by atoms with van der Waals surface area (Å²) >= 11 is 0. The van der Waals surface area contributed by atoms with E-state index in [1.165, 1.54) is 12.1 Å². The molecular weight excluding hydrogens is 250 g/mol. The Morgan fingerprint density at radius 3 is 3.00 bits per heavy atom. The van der Waals surface area contributed by atoms with Crippen LogP contribution in [0.2, 0.25) is 0 Å². The highest BCUT2D eigenvalue weighted by molar-refractivity contribution is 5.81. The number of nitrogens with zero attached hydrogens (tertiary/aromatic N) is 3. The van der Waals surface area contributed by atoms with E-state index >= 15 is 0 Å². The molecule has 7 nitrogen and oxygen atoms in total. The summed E-state index contributed by atoms with van der Waals surface area (Å²) in [6, 6.07) is 4.52. The number of nitro groups is 1. The standard InChI is InChI=1S/C12H13N3O4/c1-2-19-12(16)5-6-14-11-7-10(15(17)18)4-3-9(11)8-13-14/h3-4,7-8H,2,5-6H2,1H3. The fraction of sp³-hybridized carbons (Fsp3) is 0.333. The summed E-state index contributed by atoms with van der Waals surface area (Å²) in [5.74, 6) is -0.309. The zero-order chi connectivity index (χ0) is 13.8. The fourth-order valence-electron chi connectivity index (χ4n) is 1.78. The van der Waals surface area contributed by atoms with E-state index in [0.29, 0.717) is 18.7 Å². The summed E-state index contributed by atoms with van der Waals surface area (Å²) in [6.45, 7) is 2.41. The van der Waals surface area contributed by atoms with Crippen molar-refractivity contribution in [3.63, 3.8) is 0 Å². The highest BCUT2D eigenvalue weighted by Crippen LogP contribution is 2.20. The molecule has 0 N–H and O–H groups in total. The van der Waals surface area contributed by atoms with Crippen molar-refractivity contribution < 1.29 is 14.5 Å². The Balaban J connectivity index is 2.21. The van der Waals surface area contributed by atoms with E-state index < -0.39 is 4.92 Å². The first-order valence-corrected chi connectivity index (χ1v) is 5.87. The summed E-state index contributed by atoms with van der Waals surface area (Å²) in [6.07, 6.45) is 1.80. The van der Waals surface area contributed by atoms with Crippen LogP contribution in [-0.4, -0.2) is 27.3 Å². The van der Waals surface area contributed by atoms with E-state index in [1.807, 2.05) is 0 Å². The normalized spacial score (nSPS) is 10.6. The van der Waals surface area contributed by atoms with Gasteiger partial charge in [0.05, 0.1) is 36.2 Å². The molecule has 1 aromatic heterocycles. The molecule has 19 heavy (non-hydrogen) atoms. The highest BCUT2D eigenvalue weighted by Gasteiger charge is 2.11. The first kappa shape index (κ1) is 13.0. The summed E-state index contributed by atoms with van der Waals surface area (Å²) in [7, 11) is 0. The van der Waals surface area contributed by atoms with Crippen molar-refractivity contribution in [3.8, 4) is 0 Å². The number of hydrogen-bond donors (Lipinski definition) is 0. The number of aryl methyl sites for hydroxylation is 1. The lowest BCUT2D eigenvalue weighted by Gasteiger charge is -2.03. The molecule has 1 heterocycles. The van der Waals surface area contributed by atoms with Crippen LogP contribution in [0.5, 0.6) is 0 Å². The van der Waals surface area contributed by atoms with Crippen molar-refractivity contribution in [1.82, 2.24) is 9.78 Å². The van der Waals surface area contributed by atoms with Crippen LogP contribution >= 0.6 is 0 Å². The lowest BCUT2D eigenvalue weighted by molar-refractivity contribution is -0.384. The Morgan fingerprint density at radius 1 is 1.53 bits per heavy atom. The van der Waals surface area contributed by atoms with Crippen molar-refractivity contribution in [2.24, 2.45) is 0 Å². The minimum atomic E-state index is -0.456. The number of ether oxygens (including phenoxy) is 1. The van der Waals surface area contributed by atoms with Gasteiger partial charge in [-0.15, -0.1) is 0 Å². The van der Waals surface area contributed by atoms with Gasteiger partial charge < -0.3 is 4.74 Å². The molecule has 0 radical (unpaired) electrons. The third-order valence-corrected chi connectivity index (χ3v) is 2.67. The van der Waals surface area contributed by atoms with E-state index in [9.17, 15) is 14.9 Å². The van der Waals surface area contributed by atoms with Gasteiger partial charge in [0, 0.05) is 17.5 Å². The maximum atomic E-state index is 11.3. The van der Waals surface area contributed by atoms with Crippen LogP contribution in [-0.2, 0) is 16.1 Å². The van der Waals surface area contributed by atoms with E-state index in [0.717, 1.165) is 5.39 Å². The van der Waals surface area contributed by atoms with E-state index in [2.05, 4.69) is 5.10 Å². The Kier molecular flexibility index (Phi) is 3.74. The van der Waals surface area contributed by atoms with Crippen LogP contribution in [0.1, 0.15) is 13.3 Å². The largest absolute Gasteiger partial charge is 0.466 e. The molecule has 2 aromatic rings. The first-order chi connectivity index (χ1) is 9.11. The molecule has 7 heteroatoms. The van der Waals surface area contributed by atoms with Gasteiger partial charge in [-0.25, -0.2) is 0 Å². The lowest BCUT2D eigenvalue weighted by Crippen LogP contribution is -2.09. The second-order valence-electron chi connectivity index (χ2n) is 3.92. The zero-order valence-corrected chi connectivity index (χ0v) is 10.4. The number of fused-ring (bicyclic) bond motifs is 1. The molecule has 1 aromatic carbocycles. The molecular formula is C12H13N3O4. The quantitative estimate of drug-likeness (QED) is 0.467. The number of esters is 1. The van der Waals surface area contributed by atoms with E-state index in [4.69, 9.17) is 4.74 Å². The number of benzene rings is 1. The third-order valence-electron chi connectivity index (χ3n) is 2.67. The molecule has 0 atom stereocenters. The van der Waals surface area contributed by atoms with Gasteiger partial charge in [0.15, 0.2) is 0 Å². The Hall–Kier alpha value is -2.44. The maximum absolute atomic E-state index is 11.3. The summed E-state index contributed by atoms with van der Waals surface area (Å²) < 4.78 is 6.39. The van der Waals surface area contributed by atoms with Gasteiger partial charge in [0.1, 0.15) is 0 Å². The van der Waals surface area contributed by atoms with Crippen LogP contribution in [0, 0.1) is 10.1 Å². The molecule has 0 spiro atoms. The van der Waals surface area contributed by atoms with E-state index in [1.54, 1.807) is 23.9 Å². The van der Waals surface area contributed by atoms with Gasteiger partial charge in [-0.05, 0) is 13.0 Å². The van der Waals surface area contributed by atoms with Gasteiger partial charge in [0.2, 0.25) is 0 Å². The van der Waals surface area contributed by atoms with Gasteiger partial charge in [-0.2, -0.15) is 5.10 Å². The molecule has 0 fully saturated rings. The Morgan fingerprint density at radius 2 is 2.32 bits per heavy atom. The number of non-ortho nitro benzene ring substituents is 1. The predicted octanol–water partition coefficient (Wildman–Crippen LogP) is 1.90. The van der Waals surface area contributed by atoms with Crippen LogP contribution in [0.15, 0.2) is 24.4 Å². The zero-order valence-electron chi connectivity index (χ0n) is 10.4. The second-order valence-corrected chi connectivity index (χ2v) is 3.92. The third kappa shape index (κ3) is 2.87. The lowest BCUT2D eigenvalue weighted by atomic mass is 10.2. The fourth-order valence-corrected chi connectivity index (χ4v) is 1.78. The molecule has 0 aliphatic carbocycles. The number of rotatable bonds is 5. The number of carbonyl (C=O) groups excluding carboxylic acids is 1. The smallest absolute Gasteiger partial charge is 0.307 e. The molecule has 0 saturated heterocycles. The molecule has 0 amide bonds. The highest BCUT2D eigenvalue weighted by atomic mass is 16.6. The minimum Gasteiger partial charge on any atom is -0.466 e. The van der Waals surface area contributed by atoms with Gasteiger partial charge in [0.25, 0.3) is 5.69 Å². The van der Waals surface area contributed by atoms with Crippen LogP contribution in [0.4, 0.5) is 5.69 Å². The Bertz CT molecular complexity index is 620.